The molecule has 0 aromatic carbocycles. The summed E-state index contributed by atoms with van der Waals surface area (Å²) in [5.41, 5.74) is -0.127. The lowest BCUT2D eigenvalue weighted by Crippen LogP contribution is -2.20. The first kappa shape index (κ1) is 31.5. The van der Waals surface area contributed by atoms with Crippen LogP contribution in [0.2, 0.25) is 0 Å². The predicted octanol–water partition coefficient (Wildman–Crippen LogP) is 8.05. The Balaban J connectivity index is 4.39. The van der Waals surface area contributed by atoms with Crippen molar-refractivity contribution in [2.75, 3.05) is 19.8 Å². The quantitative estimate of drug-likeness (QED) is 0.0358. The van der Waals surface area contributed by atoms with Gasteiger partial charge < -0.3 is 14.2 Å². The Morgan fingerprint density at radius 3 is 1.21 bits per heavy atom. The van der Waals surface area contributed by atoms with Crippen molar-refractivity contribution in [3.05, 3.63) is 11.8 Å². The number of ether oxygens (including phenoxy) is 3. The minimum absolute atomic E-state index is 0.127. The van der Waals surface area contributed by atoms with Crippen LogP contribution in [-0.2, 0) is 23.8 Å². The summed E-state index contributed by atoms with van der Waals surface area (Å²) in [6.07, 6.45) is 21.5. The highest BCUT2D eigenvalue weighted by Gasteiger charge is 2.22. The zero-order chi connectivity index (χ0) is 24.4. The maximum absolute atomic E-state index is 12.5. The summed E-state index contributed by atoms with van der Waals surface area (Å²) in [5, 5.41) is 0. The van der Waals surface area contributed by atoms with Crippen molar-refractivity contribution in [3.63, 3.8) is 0 Å². The topological polar surface area (TPSA) is 61.8 Å². The molecule has 0 rings (SSSR count). The van der Waals surface area contributed by atoms with Crippen LogP contribution in [0.3, 0.4) is 0 Å². The lowest BCUT2D eigenvalue weighted by Gasteiger charge is -2.10. The molecule has 33 heavy (non-hydrogen) atoms. The van der Waals surface area contributed by atoms with Crippen molar-refractivity contribution in [2.45, 2.75) is 136 Å². The summed E-state index contributed by atoms with van der Waals surface area (Å²) in [6.45, 7) is 7.72. The summed E-state index contributed by atoms with van der Waals surface area (Å²) >= 11 is 0. The molecule has 0 aromatic rings. The summed E-state index contributed by atoms with van der Waals surface area (Å²) in [4.78, 5) is 25.0. The normalized spacial score (nSPS) is 10.6. The third kappa shape index (κ3) is 20.8. The zero-order valence-corrected chi connectivity index (χ0v) is 22.0. The van der Waals surface area contributed by atoms with E-state index in [0.717, 1.165) is 51.4 Å². The molecule has 0 heterocycles. The maximum Gasteiger partial charge on any atom is 0.348 e. The molecule has 0 spiro atoms. The number of carbonyl (C=O) groups excluding carboxylic acids is 2. The molecule has 0 aliphatic rings. The second-order valence-corrected chi connectivity index (χ2v) is 8.98. The Labute approximate surface area is 204 Å². The lowest BCUT2D eigenvalue weighted by atomic mass is 10.1. The largest absolute Gasteiger partial charge is 0.500 e. The minimum atomic E-state index is -0.639. The highest BCUT2D eigenvalue weighted by Crippen LogP contribution is 2.10. The van der Waals surface area contributed by atoms with Crippen molar-refractivity contribution in [1.29, 1.82) is 0 Å². The van der Waals surface area contributed by atoms with Gasteiger partial charge in [-0.15, -0.1) is 0 Å². The number of rotatable bonds is 24. The van der Waals surface area contributed by atoms with Gasteiger partial charge in [0.15, 0.2) is 5.57 Å². The van der Waals surface area contributed by atoms with Crippen LogP contribution in [0.15, 0.2) is 11.8 Å². The number of hydrogen-bond acceptors (Lipinski definition) is 5. The van der Waals surface area contributed by atoms with Crippen LogP contribution in [-0.4, -0.2) is 31.8 Å². The van der Waals surface area contributed by atoms with Gasteiger partial charge in [-0.3, -0.25) is 0 Å². The first-order valence-corrected chi connectivity index (χ1v) is 13.8. The van der Waals surface area contributed by atoms with E-state index >= 15 is 0 Å². The molecular formula is C28H52O5. The van der Waals surface area contributed by atoms with E-state index in [2.05, 4.69) is 20.8 Å². The van der Waals surface area contributed by atoms with Crippen molar-refractivity contribution >= 4 is 11.9 Å². The summed E-state index contributed by atoms with van der Waals surface area (Å²) in [7, 11) is 0. The van der Waals surface area contributed by atoms with E-state index in [4.69, 9.17) is 14.2 Å². The van der Waals surface area contributed by atoms with E-state index in [1.807, 2.05) is 0 Å². The van der Waals surface area contributed by atoms with Gasteiger partial charge >= 0.3 is 11.9 Å². The number of hydrogen-bond donors (Lipinski definition) is 0. The highest BCUT2D eigenvalue weighted by atomic mass is 16.6. The number of esters is 2. The van der Waals surface area contributed by atoms with Crippen LogP contribution < -0.4 is 0 Å². The highest BCUT2D eigenvalue weighted by molar-refractivity contribution is 6.13. The van der Waals surface area contributed by atoms with Gasteiger partial charge in [-0.05, 0) is 19.3 Å². The van der Waals surface area contributed by atoms with Gasteiger partial charge in [-0.25, -0.2) is 9.59 Å². The van der Waals surface area contributed by atoms with Gasteiger partial charge in [0.1, 0.15) is 6.26 Å². The molecule has 0 saturated carbocycles. The minimum Gasteiger partial charge on any atom is -0.500 e. The molecule has 0 fully saturated rings. The molecule has 0 aromatic heterocycles. The predicted molar refractivity (Wildman–Crippen MR) is 136 cm³/mol. The molecule has 0 aliphatic carbocycles. The van der Waals surface area contributed by atoms with Gasteiger partial charge in [0.2, 0.25) is 0 Å². The standard InChI is InChI=1S/C28H52O5/c1-4-7-10-13-16-19-22-31-25-26(27(29)32-23-20-17-14-11-8-5-2)28(30)33-24-21-18-15-12-9-6-3/h25H,4-24H2,1-3H3. The number of carbonyl (C=O) groups is 2. The summed E-state index contributed by atoms with van der Waals surface area (Å²) in [5.74, 6) is -1.28. The van der Waals surface area contributed by atoms with E-state index in [-0.39, 0.29) is 5.57 Å². The van der Waals surface area contributed by atoms with E-state index in [1.165, 1.54) is 70.5 Å². The Kier molecular flexibility index (Phi) is 24.0. The van der Waals surface area contributed by atoms with Gasteiger partial charge in [0, 0.05) is 0 Å². The van der Waals surface area contributed by atoms with Crippen LogP contribution >= 0.6 is 0 Å². The Morgan fingerprint density at radius 1 is 0.485 bits per heavy atom. The Morgan fingerprint density at radius 2 is 0.818 bits per heavy atom. The van der Waals surface area contributed by atoms with E-state index in [9.17, 15) is 9.59 Å². The second-order valence-electron chi connectivity index (χ2n) is 8.98. The molecule has 194 valence electrons. The molecule has 5 nitrogen and oxygen atoms in total. The molecular weight excluding hydrogens is 416 g/mol. The smallest absolute Gasteiger partial charge is 0.348 e. The average molecular weight is 469 g/mol. The molecule has 0 amide bonds. The van der Waals surface area contributed by atoms with Crippen LogP contribution in [0.25, 0.3) is 0 Å². The fraction of sp³-hybridized carbons (Fsp3) is 0.857. The van der Waals surface area contributed by atoms with Crippen molar-refractivity contribution in [1.82, 2.24) is 0 Å². The zero-order valence-electron chi connectivity index (χ0n) is 22.0. The van der Waals surface area contributed by atoms with Gasteiger partial charge in [0.25, 0.3) is 0 Å². The molecule has 0 aliphatic heterocycles. The third-order valence-corrected chi connectivity index (χ3v) is 5.72. The Hall–Kier alpha value is -1.52. The van der Waals surface area contributed by atoms with Crippen molar-refractivity contribution < 1.29 is 23.8 Å². The van der Waals surface area contributed by atoms with E-state index in [0.29, 0.717) is 19.8 Å². The van der Waals surface area contributed by atoms with Gasteiger partial charge in [0.05, 0.1) is 19.8 Å². The lowest BCUT2D eigenvalue weighted by molar-refractivity contribution is -0.147. The molecule has 0 unspecified atom stereocenters. The maximum atomic E-state index is 12.5. The van der Waals surface area contributed by atoms with Crippen molar-refractivity contribution in [2.24, 2.45) is 0 Å². The molecule has 0 atom stereocenters. The van der Waals surface area contributed by atoms with Crippen LogP contribution in [0.1, 0.15) is 136 Å². The van der Waals surface area contributed by atoms with Crippen molar-refractivity contribution in [3.8, 4) is 0 Å². The summed E-state index contributed by atoms with van der Waals surface area (Å²) < 4.78 is 16.2. The van der Waals surface area contributed by atoms with E-state index in [1.54, 1.807) is 0 Å². The van der Waals surface area contributed by atoms with Crippen LogP contribution in [0.5, 0.6) is 0 Å². The van der Waals surface area contributed by atoms with Gasteiger partial charge in [-0.1, -0.05) is 117 Å². The molecule has 0 saturated heterocycles. The number of unbranched alkanes of at least 4 members (excludes halogenated alkanes) is 15. The summed E-state index contributed by atoms with van der Waals surface area (Å²) in [6, 6.07) is 0. The monoisotopic (exact) mass is 468 g/mol. The molecule has 0 N–H and O–H groups in total. The van der Waals surface area contributed by atoms with Crippen LogP contribution in [0.4, 0.5) is 0 Å². The first-order valence-electron chi connectivity index (χ1n) is 13.8. The molecule has 5 heteroatoms. The fourth-order valence-corrected chi connectivity index (χ4v) is 3.54. The fourth-order valence-electron chi connectivity index (χ4n) is 3.54. The van der Waals surface area contributed by atoms with E-state index < -0.39 is 11.9 Å². The van der Waals surface area contributed by atoms with Crippen LogP contribution in [0, 0.1) is 0 Å². The Bertz CT molecular complexity index is 455. The third-order valence-electron chi connectivity index (χ3n) is 5.72. The molecule has 0 radical (unpaired) electrons. The SMILES string of the molecule is CCCCCCCCOC=C(C(=O)OCCCCCCCC)C(=O)OCCCCCCCC. The first-order chi connectivity index (χ1) is 16.2. The second kappa shape index (κ2) is 25.1. The van der Waals surface area contributed by atoms with Gasteiger partial charge in [-0.2, -0.15) is 0 Å². The molecule has 0 bridgehead atoms. The average Bonchev–Trinajstić information content (AvgIpc) is 2.81.